The van der Waals surface area contributed by atoms with Gasteiger partial charge in [0.2, 0.25) is 0 Å². The molecule has 19 heavy (non-hydrogen) atoms. The summed E-state index contributed by atoms with van der Waals surface area (Å²) in [6, 6.07) is 6.20. The van der Waals surface area contributed by atoms with E-state index >= 15 is 0 Å². The van der Waals surface area contributed by atoms with Gasteiger partial charge in [-0.15, -0.1) is 12.4 Å². The highest BCUT2D eigenvalue weighted by atomic mass is 35.5. The number of nitrogens with one attached hydrogen (secondary N) is 1. The Bertz CT molecular complexity index is 440. The van der Waals surface area contributed by atoms with Crippen LogP contribution < -0.4 is 5.32 Å². The van der Waals surface area contributed by atoms with E-state index in [-0.39, 0.29) is 12.4 Å². The fraction of sp³-hybridized carbons (Fsp3) is 0.571. The third kappa shape index (κ3) is 3.03. The van der Waals surface area contributed by atoms with Gasteiger partial charge in [0.25, 0.3) is 0 Å². The molecule has 0 aliphatic carbocycles. The van der Waals surface area contributed by atoms with Crippen molar-refractivity contribution in [3.8, 4) is 0 Å². The van der Waals surface area contributed by atoms with Gasteiger partial charge in [-0.25, -0.2) is 0 Å². The standard InChI is InChI=1S/C14H18Cl2N2.ClH/c1-9(13-3-2-12(15)4-14(13)16)18-7-10-5-17-6-11(10)8-18;/h2-4,9-11,17H,5-8H2,1H3;1H/t9?,10-,11+;. The van der Waals surface area contributed by atoms with Gasteiger partial charge in [-0.2, -0.15) is 0 Å². The molecule has 106 valence electrons. The minimum absolute atomic E-state index is 0. The predicted octanol–water partition coefficient (Wildman–Crippen LogP) is 3.63. The number of likely N-dealkylation sites (tertiary alicyclic amines) is 1. The first-order valence-electron chi connectivity index (χ1n) is 6.55. The molecule has 2 nitrogen and oxygen atoms in total. The molecule has 3 rings (SSSR count). The van der Waals surface area contributed by atoms with E-state index in [0.717, 1.165) is 16.9 Å². The van der Waals surface area contributed by atoms with Gasteiger partial charge in [0.1, 0.15) is 0 Å². The molecule has 1 aromatic carbocycles. The summed E-state index contributed by atoms with van der Waals surface area (Å²) < 4.78 is 0. The van der Waals surface area contributed by atoms with E-state index < -0.39 is 0 Å². The van der Waals surface area contributed by atoms with Crippen molar-refractivity contribution in [2.75, 3.05) is 26.2 Å². The number of halogens is 3. The third-order valence-electron chi connectivity index (χ3n) is 4.38. The second-order valence-electron chi connectivity index (χ2n) is 5.47. The molecule has 1 N–H and O–H groups in total. The Morgan fingerprint density at radius 2 is 1.84 bits per heavy atom. The summed E-state index contributed by atoms with van der Waals surface area (Å²) in [6.45, 7) is 6.93. The lowest BCUT2D eigenvalue weighted by Crippen LogP contribution is -2.28. The van der Waals surface area contributed by atoms with Gasteiger partial charge in [0.05, 0.1) is 0 Å². The molecule has 0 amide bonds. The number of hydrogen-bond donors (Lipinski definition) is 1. The van der Waals surface area contributed by atoms with E-state index in [0.29, 0.717) is 11.1 Å². The largest absolute Gasteiger partial charge is 0.316 e. The van der Waals surface area contributed by atoms with Crippen molar-refractivity contribution in [1.29, 1.82) is 0 Å². The molecule has 2 heterocycles. The summed E-state index contributed by atoms with van der Waals surface area (Å²) in [5.41, 5.74) is 1.19. The van der Waals surface area contributed by atoms with Gasteiger partial charge >= 0.3 is 0 Å². The van der Waals surface area contributed by atoms with Crippen LogP contribution >= 0.6 is 35.6 Å². The summed E-state index contributed by atoms with van der Waals surface area (Å²) in [5.74, 6) is 1.64. The van der Waals surface area contributed by atoms with Crippen LogP contribution in [0.25, 0.3) is 0 Å². The second-order valence-corrected chi connectivity index (χ2v) is 6.32. The number of hydrogen-bond acceptors (Lipinski definition) is 2. The van der Waals surface area contributed by atoms with E-state index in [4.69, 9.17) is 23.2 Å². The first-order chi connectivity index (χ1) is 8.65. The van der Waals surface area contributed by atoms with Gasteiger partial charge in [0.15, 0.2) is 0 Å². The molecule has 2 saturated heterocycles. The minimum atomic E-state index is 0. The van der Waals surface area contributed by atoms with Crippen molar-refractivity contribution in [1.82, 2.24) is 10.2 Å². The SMILES string of the molecule is CC(c1ccc(Cl)cc1Cl)N1C[C@H]2CNC[C@H]2C1.Cl. The highest BCUT2D eigenvalue weighted by Crippen LogP contribution is 2.35. The smallest absolute Gasteiger partial charge is 0.0468 e. The highest BCUT2D eigenvalue weighted by Gasteiger charge is 2.38. The fourth-order valence-electron chi connectivity index (χ4n) is 3.24. The number of benzene rings is 1. The number of fused-ring (bicyclic) bond motifs is 1. The van der Waals surface area contributed by atoms with Crippen molar-refractivity contribution >= 4 is 35.6 Å². The molecule has 0 bridgehead atoms. The molecule has 2 aliphatic rings. The van der Waals surface area contributed by atoms with Gasteiger partial charge in [-0.05, 0) is 49.5 Å². The maximum absolute atomic E-state index is 6.30. The van der Waals surface area contributed by atoms with Crippen LogP contribution in [0.15, 0.2) is 18.2 Å². The van der Waals surface area contributed by atoms with Crippen molar-refractivity contribution in [3.05, 3.63) is 33.8 Å². The van der Waals surface area contributed by atoms with Gasteiger partial charge in [0, 0.05) is 29.2 Å². The zero-order valence-corrected chi connectivity index (χ0v) is 13.2. The quantitative estimate of drug-likeness (QED) is 0.895. The van der Waals surface area contributed by atoms with Crippen LogP contribution in [-0.2, 0) is 0 Å². The first-order valence-corrected chi connectivity index (χ1v) is 7.30. The van der Waals surface area contributed by atoms with E-state index in [2.05, 4.69) is 23.2 Å². The summed E-state index contributed by atoms with van der Waals surface area (Å²) in [4.78, 5) is 2.55. The Hall–Kier alpha value is 0.01000. The van der Waals surface area contributed by atoms with Crippen LogP contribution in [0.2, 0.25) is 10.0 Å². The summed E-state index contributed by atoms with van der Waals surface area (Å²) >= 11 is 12.3. The van der Waals surface area contributed by atoms with Crippen LogP contribution in [0.5, 0.6) is 0 Å². The van der Waals surface area contributed by atoms with Crippen molar-refractivity contribution in [2.24, 2.45) is 11.8 Å². The van der Waals surface area contributed by atoms with Crippen LogP contribution in [0.3, 0.4) is 0 Å². The van der Waals surface area contributed by atoms with E-state index in [1.807, 2.05) is 12.1 Å². The van der Waals surface area contributed by atoms with Gasteiger partial charge in [-0.1, -0.05) is 29.3 Å². The molecule has 0 aromatic heterocycles. The zero-order valence-electron chi connectivity index (χ0n) is 10.9. The molecule has 2 aliphatic heterocycles. The van der Waals surface area contributed by atoms with Crippen molar-refractivity contribution in [2.45, 2.75) is 13.0 Å². The third-order valence-corrected chi connectivity index (χ3v) is 4.94. The molecular weight excluding hydrogens is 303 g/mol. The average Bonchev–Trinajstić information content (AvgIpc) is 2.87. The molecule has 3 atom stereocenters. The molecule has 0 spiro atoms. The van der Waals surface area contributed by atoms with Crippen molar-refractivity contribution < 1.29 is 0 Å². The lowest BCUT2D eigenvalue weighted by molar-refractivity contribution is 0.244. The Kier molecular flexibility index (Phi) is 5.02. The fourth-order valence-corrected chi connectivity index (χ4v) is 3.81. The molecule has 1 unspecified atom stereocenters. The Labute approximate surface area is 130 Å². The average molecular weight is 322 g/mol. The second kappa shape index (κ2) is 6.19. The van der Waals surface area contributed by atoms with E-state index in [1.54, 1.807) is 0 Å². The van der Waals surface area contributed by atoms with Crippen LogP contribution in [0.1, 0.15) is 18.5 Å². The van der Waals surface area contributed by atoms with E-state index in [9.17, 15) is 0 Å². The Balaban J connectivity index is 0.00000133. The maximum Gasteiger partial charge on any atom is 0.0468 e. The topological polar surface area (TPSA) is 15.3 Å². The molecule has 0 radical (unpaired) electrons. The predicted molar refractivity (Wildman–Crippen MR) is 83.5 cm³/mol. The maximum atomic E-state index is 6.30. The molecule has 0 saturated carbocycles. The van der Waals surface area contributed by atoms with Gasteiger partial charge in [-0.3, -0.25) is 4.90 Å². The molecule has 2 fully saturated rings. The van der Waals surface area contributed by atoms with Crippen LogP contribution in [-0.4, -0.2) is 31.1 Å². The Morgan fingerprint density at radius 1 is 1.21 bits per heavy atom. The lowest BCUT2D eigenvalue weighted by atomic mass is 10.0. The Morgan fingerprint density at radius 3 is 2.42 bits per heavy atom. The first kappa shape index (κ1) is 15.4. The zero-order chi connectivity index (χ0) is 12.7. The number of nitrogens with zero attached hydrogens (tertiary/aromatic N) is 1. The summed E-state index contributed by atoms with van der Waals surface area (Å²) in [5, 5.41) is 4.96. The van der Waals surface area contributed by atoms with Crippen LogP contribution in [0.4, 0.5) is 0 Å². The molecule has 1 aromatic rings. The van der Waals surface area contributed by atoms with Crippen molar-refractivity contribution in [3.63, 3.8) is 0 Å². The summed E-state index contributed by atoms with van der Waals surface area (Å²) in [7, 11) is 0. The van der Waals surface area contributed by atoms with Crippen LogP contribution in [0, 0.1) is 11.8 Å². The molecular formula is C14H19Cl3N2. The monoisotopic (exact) mass is 320 g/mol. The molecule has 5 heteroatoms. The minimum Gasteiger partial charge on any atom is -0.316 e. The van der Waals surface area contributed by atoms with Gasteiger partial charge < -0.3 is 5.32 Å². The lowest BCUT2D eigenvalue weighted by Gasteiger charge is -2.26. The highest BCUT2D eigenvalue weighted by molar-refractivity contribution is 6.35. The number of rotatable bonds is 2. The normalized spacial score (nSPS) is 27.9. The van der Waals surface area contributed by atoms with E-state index in [1.165, 1.54) is 31.7 Å². The summed E-state index contributed by atoms with van der Waals surface area (Å²) in [6.07, 6.45) is 0.